The summed E-state index contributed by atoms with van der Waals surface area (Å²) in [6.07, 6.45) is 0.617. The molecular weight excluding hydrogens is 551 g/mol. The molecule has 156 valence electrons. The molecule has 0 aliphatic rings. The van der Waals surface area contributed by atoms with Crippen LogP contribution in [0.1, 0.15) is 18.4 Å². The van der Waals surface area contributed by atoms with E-state index in [1.165, 1.54) is 0 Å². The lowest BCUT2D eigenvalue weighted by atomic mass is 10.2. The first-order valence-corrected chi connectivity index (χ1v) is 10.8. The maximum atomic E-state index is 11.9. The SMILES string of the molecule is Cc1cc(Br)cc(Br)c1OCC(=O)NNC(=O)CCCOc1ccc(Cl)cc1Cl. The van der Waals surface area contributed by atoms with E-state index in [1.54, 1.807) is 18.2 Å². The Morgan fingerprint density at radius 1 is 1.03 bits per heavy atom. The third kappa shape index (κ3) is 8.04. The molecule has 0 aliphatic heterocycles. The second-order valence-corrected chi connectivity index (χ2v) is 8.56. The highest BCUT2D eigenvalue weighted by atomic mass is 79.9. The number of halogens is 4. The lowest BCUT2D eigenvalue weighted by Crippen LogP contribution is -2.43. The first-order valence-electron chi connectivity index (χ1n) is 8.50. The second kappa shape index (κ2) is 11.6. The van der Waals surface area contributed by atoms with Crippen LogP contribution < -0.4 is 20.3 Å². The zero-order chi connectivity index (χ0) is 21.4. The highest BCUT2D eigenvalue weighted by Crippen LogP contribution is 2.32. The first kappa shape index (κ1) is 23.8. The summed E-state index contributed by atoms with van der Waals surface area (Å²) >= 11 is 18.6. The molecule has 6 nitrogen and oxygen atoms in total. The van der Waals surface area contributed by atoms with E-state index in [0.717, 1.165) is 14.5 Å². The number of nitrogens with one attached hydrogen (secondary N) is 2. The normalized spacial score (nSPS) is 10.4. The number of ether oxygens (including phenoxy) is 2. The summed E-state index contributed by atoms with van der Waals surface area (Å²) in [4.78, 5) is 23.7. The summed E-state index contributed by atoms with van der Waals surface area (Å²) < 4.78 is 12.6. The Bertz CT molecular complexity index is 874. The van der Waals surface area contributed by atoms with Crippen LogP contribution in [0.25, 0.3) is 0 Å². The van der Waals surface area contributed by atoms with Gasteiger partial charge in [-0.2, -0.15) is 0 Å². The Hall–Kier alpha value is -1.48. The number of hydrogen-bond acceptors (Lipinski definition) is 4. The Kier molecular flexibility index (Phi) is 9.55. The largest absolute Gasteiger partial charge is 0.492 e. The molecule has 0 radical (unpaired) electrons. The fourth-order valence-corrected chi connectivity index (χ4v) is 4.27. The number of carbonyl (C=O) groups excluding carboxylic acids is 2. The van der Waals surface area contributed by atoms with Crippen LogP contribution >= 0.6 is 55.1 Å². The Labute approximate surface area is 195 Å². The summed E-state index contributed by atoms with van der Waals surface area (Å²) in [6.45, 7) is 1.92. The van der Waals surface area contributed by atoms with Gasteiger partial charge >= 0.3 is 0 Å². The zero-order valence-corrected chi connectivity index (χ0v) is 20.0. The highest BCUT2D eigenvalue weighted by Gasteiger charge is 2.11. The molecular formula is C19H18Br2Cl2N2O4. The van der Waals surface area contributed by atoms with Crippen LogP contribution in [0.4, 0.5) is 0 Å². The van der Waals surface area contributed by atoms with Crippen LogP contribution in [-0.4, -0.2) is 25.0 Å². The van der Waals surface area contributed by atoms with E-state index < -0.39 is 5.91 Å². The Balaban J connectivity index is 1.65. The molecule has 2 aromatic carbocycles. The van der Waals surface area contributed by atoms with Crippen molar-refractivity contribution < 1.29 is 19.1 Å². The van der Waals surface area contributed by atoms with Crippen LogP contribution in [-0.2, 0) is 9.59 Å². The van der Waals surface area contributed by atoms with Crippen molar-refractivity contribution in [3.63, 3.8) is 0 Å². The topological polar surface area (TPSA) is 76.7 Å². The molecule has 2 N–H and O–H groups in total. The van der Waals surface area contributed by atoms with Gasteiger partial charge in [-0.3, -0.25) is 20.4 Å². The number of aryl methyl sites for hydroxylation is 1. The predicted octanol–water partition coefficient (Wildman–Crippen LogP) is 5.21. The van der Waals surface area contributed by atoms with Crippen molar-refractivity contribution in [2.75, 3.05) is 13.2 Å². The van der Waals surface area contributed by atoms with Crippen molar-refractivity contribution >= 4 is 66.9 Å². The molecule has 2 amide bonds. The summed E-state index contributed by atoms with van der Waals surface area (Å²) in [5.41, 5.74) is 5.51. The van der Waals surface area contributed by atoms with Crippen LogP contribution in [0.3, 0.4) is 0 Å². The molecule has 2 aromatic rings. The third-order valence-electron chi connectivity index (χ3n) is 3.58. The van der Waals surface area contributed by atoms with E-state index in [-0.39, 0.29) is 18.9 Å². The molecule has 0 aromatic heterocycles. The van der Waals surface area contributed by atoms with Crippen molar-refractivity contribution in [2.24, 2.45) is 0 Å². The van der Waals surface area contributed by atoms with Gasteiger partial charge in [0.1, 0.15) is 11.5 Å². The highest BCUT2D eigenvalue weighted by molar-refractivity contribution is 9.11. The Morgan fingerprint density at radius 2 is 1.76 bits per heavy atom. The summed E-state index contributed by atoms with van der Waals surface area (Å²) in [5.74, 6) is 0.242. The lowest BCUT2D eigenvalue weighted by molar-refractivity contribution is -0.130. The minimum Gasteiger partial charge on any atom is -0.492 e. The van der Waals surface area contributed by atoms with Gasteiger partial charge in [0.2, 0.25) is 5.91 Å². The van der Waals surface area contributed by atoms with Crippen LogP contribution in [0.2, 0.25) is 10.0 Å². The molecule has 0 aliphatic carbocycles. The maximum Gasteiger partial charge on any atom is 0.276 e. The van der Waals surface area contributed by atoms with Crippen LogP contribution in [0, 0.1) is 6.92 Å². The van der Waals surface area contributed by atoms with E-state index in [4.69, 9.17) is 32.7 Å². The van der Waals surface area contributed by atoms with E-state index in [1.807, 2.05) is 19.1 Å². The van der Waals surface area contributed by atoms with E-state index >= 15 is 0 Å². The van der Waals surface area contributed by atoms with Gasteiger partial charge in [-0.15, -0.1) is 0 Å². The van der Waals surface area contributed by atoms with Crippen molar-refractivity contribution in [3.8, 4) is 11.5 Å². The van der Waals surface area contributed by atoms with Crippen molar-refractivity contribution in [1.29, 1.82) is 0 Å². The fourth-order valence-electron chi connectivity index (χ4n) is 2.25. The molecule has 0 spiro atoms. The summed E-state index contributed by atoms with van der Waals surface area (Å²) in [5, 5.41) is 0.922. The van der Waals surface area contributed by atoms with Crippen LogP contribution in [0.5, 0.6) is 11.5 Å². The van der Waals surface area contributed by atoms with E-state index in [2.05, 4.69) is 42.7 Å². The summed E-state index contributed by atoms with van der Waals surface area (Å²) in [6, 6.07) is 8.61. The molecule has 0 saturated carbocycles. The first-order chi connectivity index (χ1) is 13.8. The van der Waals surface area contributed by atoms with Crippen molar-refractivity contribution in [2.45, 2.75) is 19.8 Å². The molecule has 2 rings (SSSR count). The van der Waals surface area contributed by atoms with Gasteiger partial charge in [0.25, 0.3) is 5.91 Å². The number of carbonyl (C=O) groups is 2. The molecule has 10 heteroatoms. The molecule has 0 fully saturated rings. The van der Waals surface area contributed by atoms with Gasteiger partial charge in [0.15, 0.2) is 6.61 Å². The average molecular weight is 569 g/mol. The number of benzene rings is 2. The molecule has 0 heterocycles. The standard InChI is InChI=1S/C19H18Br2Cl2N2O4/c1-11-7-12(20)8-14(21)19(11)29-10-18(27)25-24-17(26)3-2-6-28-16-5-4-13(22)9-15(16)23/h4-5,7-9H,2-3,6,10H2,1H3,(H,24,26)(H,25,27). The quantitative estimate of drug-likeness (QED) is 0.338. The van der Waals surface area contributed by atoms with Gasteiger partial charge in [-0.25, -0.2) is 0 Å². The summed E-state index contributed by atoms with van der Waals surface area (Å²) in [7, 11) is 0. The Morgan fingerprint density at radius 3 is 2.45 bits per heavy atom. The lowest BCUT2D eigenvalue weighted by Gasteiger charge is -2.12. The van der Waals surface area contributed by atoms with Gasteiger partial charge in [0.05, 0.1) is 16.1 Å². The monoisotopic (exact) mass is 566 g/mol. The van der Waals surface area contributed by atoms with Gasteiger partial charge in [0, 0.05) is 15.9 Å². The van der Waals surface area contributed by atoms with Crippen molar-refractivity contribution in [1.82, 2.24) is 10.9 Å². The number of hydrogen-bond donors (Lipinski definition) is 2. The van der Waals surface area contributed by atoms with Crippen LogP contribution in [0.15, 0.2) is 39.3 Å². The molecule has 0 atom stereocenters. The minimum absolute atomic E-state index is 0.170. The minimum atomic E-state index is -0.475. The molecule has 0 unspecified atom stereocenters. The van der Waals surface area contributed by atoms with Crippen molar-refractivity contribution in [3.05, 3.63) is 54.9 Å². The maximum absolute atomic E-state index is 11.9. The molecule has 0 bridgehead atoms. The number of amides is 2. The van der Waals surface area contributed by atoms with Gasteiger partial charge in [-0.05, 0) is 65.2 Å². The van der Waals surface area contributed by atoms with Gasteiger partial charge in [-0.1, -0.05) is 39.1 Å². The van der Waals surface area contributed by atoms with Gasteiger partial charge < -0.3 is 9.47 Å². The number of hydrazine groups is 1. The zero-order valence-electron chi connectivity index (χ0n) is 15.4. The molecule has 0 saturated heterocycles. The molecule has 29 heavy (non-hydrogen) atoms. The second-order valence-electron chi connectivity index (χ2n) is 5.95. The van der Waals surface area contributed by atoms with E-state index in [9.17, 15) is 9.59 Å². The smallest absolute Gasteiger partial charge is 0.276 e. The number of rotatable bonds is 8. The average Bonchev–Trinajstić information content (AvgIpc) is 2.64. The van der Waals surface area contributed by atoms with E-state index in [0.29, 0.717) is 34.6 Å². The fraction of sp³-hybridized carbons (Fsp3) is 0.263. The predicted molar refractivity (Wildman–Crippen MR) is 120 cm³/mol. The third-order valence-corrected chi connectivity index (χ3v) is 5.16.